The molecule has 0 aromatic rings. The van der Waals surface area contributed by atoms with Gasteiger partial charge >= 0.3 is 0 Å². The van der Waals surface area contributed by atoms with E-state index in [1.807, 2.05) is 31.0 Å². The highest BCUT2D eigenvalue weighted by Crippen LogP contribution is 2.16. The Morgan fingerprint density at radius 3 is 2.56 bits per heavy atom. The van der Waals surface area contributed by atoms with Gasteiger partial charge in [0.25, 0.3) is 5.91 Å². The number of carbonyl (C=O) groups excluding carboxylic acids is 1. The van der Waals surface area contributed by atoms with Crippen molar-refractivity contribution >= 4 is 11.7 Å². The van der Waals surface area contributed by atoms with Crippen molar-refractivity contribution in [2.45, 2.75) is 39.2 Å². The minimum atomic E-state index is -0.212. The Morgan fingerprint density at radius 1 is 1.21 bits per heavy atom. The number of nitrogens with one attached hydrogen (secondary N) is 2. The number of hydrogen-bond acceptors (Lipinski definition) is 6. The molecule has 34 heavy (non-hydrogen) atoms. The van der Waals surface area contributed by atoms with E-state index in [1.165, 1.54) is 0 Å². The SMILES string of the molecule is C\C=C/C=C(NC)\C(=C/C)C(=NCCCN(C)C)NCCN1CCN(C(=O)C2CCCO2)CC1. The Kier molecular flexibility index (Phi) is 13.0. The molecule has 8 nitrogen and oxygen atoms in total. The van der Waals surface area contributed by atoms with Crippen LogP contribution in [0.2, 0.25) is 0 Å². The van der Waals surface area contributed by atoms with Crippen molar-refractivity contribution in [1.29, 1.82) is 0 Å². The summed E-state index contributed by atoms with van der Waals surface area (Å²) in [7, 11) is 6.13. The van der Waals surface area contributed by atoms with Gasteiger partial charge in [0.1, 0.15) is 11.9 Å². The number of likely N-dealkylation sites (N-methyl/N-ethyl adjacent to an activating group) is 1. The fourth-order valence-corrected chi connectivity index (χ4v) is 4.23. The van der Waals surface area contributed by atoms with Crippen LogP contribution in [-0.4, -0.2) is 113 Å². The molecule has 0 spiro atoms. The van der Waals surface area contributed by atoms with Gasteiger partial charge in [-0.1, -0.05) is 18.2 Å². The number of ether oxygens (including phenoxy) is 1. The van der Waals surface area contributed by atoms with Crippen molar-refractivity contribution in [1.82, 2.24) is 25.3 Å². The summed E-state index contributed by atoms with van der Waals surface area (Å²) in [4.78, 5) is 24.1. The Bertz CT molecular complexity index is 730. The first-order valence-electron chi connectivity index (χ1n) is 12.7. The molecule has 192 valence electrons. The third kappa shape index (κ3) is 9.24. The lowest BCUT2D eigenvalue weighted by Crippen LogP contribution is -2.52. The molecule has 0 aliphatic carbocycles. The maximum Gasteiger partial charge on any atom is 0.251 e. The number of hydrogen-bond donors (Lipinski definition) is 2. The molecule has 2 fully saturated rings. The predicted molar refractivity (Wildman–Crippen MR) is 141 cm³/mol. The Labute approximate surface area is 206 Å². The molecule has 0 aromatic heterocycles. The second-order valence-corrected chi connectivity index (χ2v) is 9.04. The van der Waals surface area contributed by atoms with Crippen LogP contribution in [0, 0.1) is 0 Å². The highest BCUT2D eigenvalue weighted by Gasteiger charge is 2.30. The molecule has 2 aliphatic rings. The molecule has 1 atom stereocenters. The smallest absolute Gasteiger partial charge is 0.251 e. The molecule has 0 aromatic carbocycles. The largest absolute Gasteiger partial charge is 0.388 e. The third-order valence-electron chi connectivity index (χ3n) is 6.20. The number of aliphatic imine (C=N–C) groups is 1. The van der Waals surface area contributed by atoms with Crippen LogP contribution in [0.4, 0.5) is 0 Å². The summed E-state index contributed by atoms with van der Waals surface area (Å²) in [5.74, 6) is 1.10. The van der Waals surface area contributed by atoms with Crippen LogP contribution in [0.3, 0.4) is 0 Å². The average Bonchev–Trinajstić information content (AvgIpc) is 3.38. The number of amides is 1. The minimum Gasteiger partial charge on any atom is -0.388 e. The molecule has 2 aliphatic heterocycles. The monoisotopic (exact) mass is 474 g/mol. The fraction of sp³-hybridized carbons (Fsp3) is 0.692. The molecule has 2 rings (SSSR count). The fourth-order valence-electron chi connectivity index (χ4n) is 4.23. The summed E-state index contributed by atoms with van der Waals surface area (Å²) in [5, 5.41) is 6.91. The lowest BCUT2D eigenvalue weighted by atomic mass is 10.1. The zero-order chi connectivity index (χ0) is 24.8. The third-order valence-corrected chi connectivity index (χ3v) is 6.20. The number of rotatable bonds is 12. The molecule has 2 heterocycles. The van der Waals surface area contributed by atoms with Gasteiger partial charge in [-0.2, -0.15) is 0 Å². The van der Waals surface area contributed by atoms with Gasteiger partial charge in [-0.05, 0) is 59.8 Å². The van der Waals surface area contributed by atoms with Crippen LogP contribution in [0.1, 0.15) is 33.1 Å². The van der Waals surface area contributed by atoms with E-state index >= 15 is 0 Å². The quantitative estimate of drug-likeness (QED) is 0.195. The predicted octanol–water partition coefficient (Wildman–Crippen LogP) is 1.88. The topological polar surface area (TPSA) is 72.4 Å². The average molecular weight is 475 g/mol. The first-order chi connectivity index (χ1) is 16.5. The van der Waals surface area contributed by atoms with Gasteiger partial charge in [0.2, 0.25) is 0 Å². The van der Waals surface area contributed by atoms with E-state index < -0.39 is 0 Å². The summed E-state index contributed by atoms with van der Waals surface area (Å²) < 4.78 is 5.58. The normalized spacial score (nSPS) is 21.1. The maximum absolute atomic E-state index is 12.6. The van der Waals surface area contributed by atoms with Crippen LogP contribution in [0.25, 0.3) is 0 Å². The summed E-state index contributed by atoms with van der Waals surface area (Å²) in [6.07, 6.45) is 10.9. The van der Waals surface area contributed by atoms with Crippen LogP contribution >= 0.6 is 0 Å². The molecule has 2 N–H and O–H groups in total. The summed E-state index contributed by atoms with van der Waals surface area (Å²) in [6.45, 7) is 11.7. The van der Waals surface area contributed by atoms with Gasteiger partial charge in [0.05, 0.1) is 0 Å². The van der Waals surface area contributed by atoms with E-state index in [4.69, 9.17) is 9.73 Å². The number of piperazine rings is 1. The number of nitrogens with zero attached hydrogens (tertiary/aromatic N) is 4. The van der Waals surface area contributed by atoms with Crippen LogP contribution < -0.4 is 10.6 Å². The van der Waals surface area contributed by atoms with Crippen molar-refractivity contribution in [2.24, 2.45) is 4.99 Å². The molecular formula is C26H46N6O2. The molecule has 1 unspecified atom stereocenters. The highest BCUT2D eigenvalue weighted by molar-refractivity contribution is 6.02. The van der Waals surface area contributed by atoms with E-state index in [1.54, 1.807) is 0 Å². The molecule has 0 radical (unpaired) electrons. The van der Waals surface area contributed by atoms with Crippen LogP contribution in [0.5, 0.6) is 0 Å². The number of carbonyl (C=O) groups is 1. The molecule has 0 bridgehead atoms. The van der Waals surface area contributed by atoms with E-state index in [0.717, 1.165) is 88.7 Å². The Morgan fingerprint density at radius 2 is 1.97 bits per heavy atom. The molecule has 0 saturated carbocycles. The van der Waals surface area contributed by atoms with Gasteiger partial charge < -0.3 is 25.2 Å². The second-order valence-electron chi connectivity index (χ2n) is 9.04. The van der Waals surface area contributed by atoms with Crippen molar-refractivity contribution < 1.29 is 9.53 Å². The van der Waals surface area contributed by atoms with Crippen LogP contribution in [-0.2, 0) is 9.53 Å². The standard InChI is InChI=1S/C26H46N6O2/c1-6-8-11-23(27-3)22(7-2)25(28-13-10-15-30(4)5)29-14-16-31-17-19-32(20-18-31)26(33)24-12-9-21-34-24/h6-8,11,24,27H,9-10,12-21H2,1-5H3,(H,28,29)/b8-6-,22-7+,23-11+. The molecule has 2 saturated heterocycles. The summed E-state index contributed by atoms with van der Waals surface area (Å²) in [6, 6.07) is 0. The summed E-state index contributed by atoms with van der Waals surface area (Å²) >= 11 is 0. The first-order valence-corrected chi connectivity index (χ1v) is 12.7. The molecule has 8 heteroatoms. The van der Waals surface area contributed by atoms with Gasteiger partial charge in [0.15, 0.2) is 0 Å². The highest BCUT2D eigenvalue weighted by atomic mass is 16.5. The number of amidine groups is 1. The van der Waals surface area contributed by atoms with E-state index in [9.17, 15) is 4.79 Å². The van der Waals surface area contributed by atoms with Gasteiger partial charge in [-0.15, -0.1) is 0 Å². The van der Waals surface area contributed by atoms with Crippen molar-refractivity contribution in [2.75, 3.05) is 80.1 Å². The zero-order valence-corrected chi connectivity index (χ0v) is 22.0. The van der Waals surface area contributed by atoms with Crippen molar-refractivity contribution in [3.8, 4) is 0 Å². The van der Waals surface area contributed by atoms with Gasteiger partial charge in [-0.3, -0.25) is 14.7 Å². The van der Waals surface area contributed by atoms with Crippen molar-refractivity contribution in [3.05, 3.63) is 35.6 Å². The number of allylic oxidation sites excluding steroid dienone is 4. The Balaban J connectivity index is 1.91. The lowest BCUT2D eigenvalue weighted by Gasteiger charge is -2.35. The molecule has 1 amide bonds. The van der Waals surface area contributed by atoms with E-state index in [-0.39, 0.29) is 12.0 Å². The second kappa shape index (κ2) is 15.7. The summed E-state index contributed by atoms with van der Waals surface area (Å²) in [5.41, 5.74) is 2.12. The van der Waals surface area contributed by atoms with Gasteiger partial charge in [0, 0.05) is 70.7 Å². The maximum atomic E-state index is 12.6. The Hall–Kier alpha value is -2.16. The first kappa shape index (κ1) is 28.1. The van der Waals surface area contributed by atoms with E-state index in [2.05, 4.69) is 53.6 Å². The van der Waals surface area contributed by atoms with Gasteiger partial charge in [-0.25, -0.2) is 0 Å². The van der Waals surface area contributed by atoms with E-state index in [0.29, 0.717) is 6.61 Å². The molecular weight excluding hydrogens is 428 g/mol. The minimum absolute atomic E-state index is 0.174. The lowest BCUT2D eigenvalue weighted by molar-refractivity contribution is -0.142. The van der Waals surface area contributed by atoms with Crippen molar-refractivity contribution in [3.63, 3.8) is 0 Å². The van der Waals surface area contributed by atoms with Crippen LogP contribution in [0.15, 0.2) is 40.6 Å². The zero-order valence-electron chi connectivity index (χ0n) is 22.0.